The quantitative estimate of drug-likeness (QED) is 0.391. The third-order valence-electron chi connectivity index (χ3n) is 0. The minimum Gasteiger partial charge on any atom is 0.316 e. The summed E-state index contributed by atoms with van der Waals surface area (Å²) >= 11 is 0. The van der Waals surface area contributed by atoms with Crippen LogP contribution in [0.25, 0.3) is 0 Å². The maximum absolute atomic E-state index is 0. The summed E-state index contributed by atoms with van der Waals surface area (Å²) in [5, 5.41) is 0. The van der Waals surface area contributed by atoms with E-state index in [4.69, 9.17) is 0 Å². The summed E-state index contributed by atoms with van der Waals surface area (Å²) in [5.41, 5.74) is 0. The minimum atomic E-state index is 0. The number of hydrogen-bond donors (Lipinski definition) is 0. The van der Waals surface area contributed by atoms with Crippen molar-refractivity contribution in [2.45, 2.75) is 0 Å². The summed E-state index contributed by atoms with van der Waals surface area (Å²) < 4.78 is 0. The molecule has 0 bridgehead atoms. The summed E-state index contributed by atoms with van der Waals surface area (Å²) in [4.78, 5) is 0. The van der Waals surface area contributed by atoms with Gasteiger partial charge in [-0.25, -0.2) is 0 Å². The third kappa shape index (κ3) is 8.97. The smallest absolute Gasteiger partial charge is 0.316 e. The molecule has 0 N–H and O–H groups in total. The van der Waals surface area contributed by atoms with Crippen molar-refractivity contribution in [3.05, 3.63) is 0 Å². The predicted molar refractivity (Wildman–Crippen MR) is 37.4 cm³/mol. The van der Waals surface area contributed by atoms with Gasteiger partial charge in [-0.1, -0.05) is 0 Å². The van der Waals surface area contributed by atoms with Crippen molar-refractivity contribution in [2.24, 2.45) is 0 Å². The van der Waals surface area contributed by atoms with Gasteiger partial charge in [-0.3, -0.25) is 0 Å². The van der Waals surface area contributed by atoms with Crippen LogP contribution in [0.15, 0.2) is 0 Å². The number of rotatable bonds is 0. The fourth-order valence-electron chi connectivity index (χ4n) is 0. The maximum Gasteiger partial charge on any atom is 0.316 e. The molecule has 0 fully saturated rings. The topological polar surface area (TPSA) is 0 Å². The van der Waals surface area contributed by atoms with Crippen LogP contribution in [0.4, 0.5) is 0 Å². The van der Waals surface area contributed by atoms with Crippen molar-refractivity contribution >= 4 is 103 Å². The zero-order chi connectivity index (χ0) is 0. The van der Waals surface area contributed by atoms with Crippen LogP contribution in [0.3, 0.4) is 0 Å². The first kappa shape index (κ1) is 26.9. The molecular weight excluding hydrogens is 221 g/mol. The minimum absolute atomic E-state index is 0. The molecule has 0 saturated heterocycles. The zero-order valence-corrected chi connectivity index (χ0v) is 1.50. The van der Waals surface area contributed by atoms with Crippen LogP contribution in [-0.2, 0) is 0 Å². The van der Waals surface area contributed by atoms with Gasteiger partial charge < -0.3 is 0 Å². The molecule has 0 aliphatic heterocycles. The van der Waals surface area contributed by atoms with Crippen molar-refractivity contribution in [3.63, 3.8) is 0 Å². The molecule has 0 aliphatic carbocycles. The SMILES string of the molecule is S.[AlH3].[BaH2].[MgH2]. The van der Waals surface area contributed by atoms with Gasteiger partial charge in [0.05, 0.1) is 0 Å². The Bertz CT molecular complexity index is 8.00. The van der Waals surface area contributed by atoms with E-state index in [1.165, 1.54) is 0 Å². The van der Waals surface area contributed by atoms with Gasteiger partial charge in [0, 0.05) is 0 Å². The van der Waals surface area contributed by atoms with Crippen molar-refractivity contribution in [1.29, 1.82) is 0 Å². The molecule has 0 atom stereocenters. The second-order valence-electron chi connectivity index (χ2n) is 0. The first-order valence-electron chi connectivity index (χ1n) is 0. The molecule has 0 aliphatic rings. The van der Waals surface area contributed by atoms with E-state index >= 15 is 0 Å². The molecule has 4 heteroatoms. The van der Waals surface area contributed by atoms with Gasteiger partial charge in [0.2, 0.25) is 0 Å². The van der Waals surface area contributed by atoms with Crippen molar-refractivity contribution in [3.8, 4) is 0 Å². The van der Waals surface area contributed by atoms with Crippen molar-refractivity contribution in [1.82, 2.24) is 0 Å². The average Bonchev–Trinajstić information content (AvgIpc) is 0. The Kier molecular flexibility index (Phi) is 110. The summed E-state index contributed by atoms with van der Waals surface area (Å²) in [6.07, 6.45) is 0. The van der Waals surface area contributed by atoms with Crippen LogP contribution in [0.1, 0.15) is 0 Å². The van der Waals surface area contributed by atoms with Crippen LogP contribution in [0, 0.1) is 0 Å². The van der Waals surface area contributed by atoms with E-state index in [1.807, 2.05) is 0 Å². The molecule has 0 amide bonds. The van der Waals surface area contributed by atoms with E-state index < -0.39 is 0 Å². The Balaban J connectivity index is 0. The Morgan fingerprint density at radius 3 is 1.00 bits per heavy atom. The monoisotopic (exact) mass is 230 g/mol. The van der Waals surface area contributed by atoms with Gasteiger partial charge in [0.25, 0.3) is 0 Å². The summed E-state index contributed by atoms with van der Waals surface area (Å²) in [5.74, 6) is 0. The van der Waals surface area contributed by atoms with Crippen molar-refractivity contribution < 1.29 is 0 Å². The van der Waals surface area contributed by atoms with Crippen molar-refractivity contribution in [2.75, 3.05) is 0 Å². The van der Waals surface area contributed by atoms with E-state index in [-0.39, 0.29) is 103 Å². The Labute approximate surface area is 100 Å². The van der Waals surface area contributed by atoms with Crippen LogP contribution in [0.2, 0.25) is 0 Å². The fraction of sp³-hybridized carbons (Fsp3) is 0. The molecule has 0 radical (unpaired) electrons. The molecule has 0 rings (SSSR count). The van der Waals surface area contributed by atoms with Gasteiger partial charge in [-0.05, 0) is 0 Å². The zero-order valence-electron chi connectivity index (χ0n) is 0.500. The Morgan fingerprint density at radius 2 is 1.00 bits per heavy atom. The summed E-state index contributed by atoms with van der Waals surface area (Å²) in [6.45, 7) is 0. The molecular formula is H9AlBaMgS. The standard InChI is InChI=1S/Al.Ba.Mg.H2S.7H/h;;;1H2;;;;;;;. The molecule has 0 unspecified atom stereocenters. The van der Waals surface area contributed by atoms with Gasteiger partial charge in [-0.2, -0.15) is 13.5 Å². The van der Waals surface area contributed by atoms with E-state index in [0.717, 1.165) is 0 Å². The van der Waals surface area contributed by atoms with Gasteiger partial charge in [-0.15, -0.1) is 0 Å². The second kappa shape index (κ2) is 16.3. The van der Waals surface area contributed by atoms with Crippen LogP contribution < -0.4 is 0 Å². The van der Waals surface area contributed by atoms with Crippen LogP contribution in [-0.4, -0.2) is 89.3 Å². The summed E-state index contributed by atoms with van der Waals surface area (Å²) in [7, 11) is 0. The van der Waals surface area contributed by atoms with E-state index in [9.17, 15) is 0 Å². The first-order chi connectivity index (χ1) is 0. The van der Waals surface area contributed by atoms with E-state index in [2.05, 4.69) is 0 Å². The molecule has 0 aromatic carbocycles. The average molecular weight is 230 g/mol. The Morgan fingerprint density at radius 1 is 1.00 bits per heavy atom. The largest absolute Gasteiger partial charge is 0.316 e. The van der Waals surface area contributed by atoms with Gasteiger partial charge in [0.15, 0.2) is 17.4 Å². The molecule has 0 heterocycles. The van der Waals surface area contributed by atoms with Gasteiger partial charge in [0.1, 0.15) is 0 Å². The van der Waals surface area contributed by atoms with Crippen LogP contribution in [0.5, 0.6) is 0 Å². The maximum atomic E-state index is 0. The molecule has 0 saturated carbocycles. The van der Waals surface area contributed by atoms with Gasteiger partial charge >= 0.3 is 71.9 Å². The molecule has 22 valence electrons. The first-order valence-corrected chi connectivity index (χ1v) is 0. The summed E-state index contributed by atoms with van der Waals surface area (Å²) in [6, 6.07) is 0. The predicted octanol–water partition coefficient (Wildman–Crippen LogP) is -2.90. The van der Waals surface area contributed by atoms with Crippen LogP contribution >= 0.6 is 13.5 Å². The molecule has 0 nitrogen and oxygen atoms in total. The fourth-order valence-corrected chi connectivity index (χ4v) is 0. The molecule has 0 aromatic heterocycles. The molecule has 0 aromatic rings. The Hall–Kier alpha value is 3.22. The molecule has 0 spiro atoms. The normalized spacial score (nSPS) is 0. The number of hydrogen-bond acceptors (Lipinski definition) is 0. The van der Waals surface area contributed by atoms with E-state index in [1.54, 1.807) is 0 Å². The third-order valence-corrected chi connectivity index (χ3v) is 0. The molecule has 4 heavy (non-hydrogen) atoms. The second-order valence-corrected chi connectivity index (χ2v) is 0. The van der Waals surface area contributed by atoms with E-state index in [0.29, 0.717) is 0 Å².